The quantitative estimate of drug-likeness (QED) is 0.803. The Morgan fingerprint density at radius 1 is 1.44 bits per heavy atom. The number of H-pyrrole nitrogens is 1. The van der Waals surface area contributed by atoms with Gasteiger partial charge in [-0.3, -0.25) is 10.1 Å². The topological polar surface area (TPSA) is 57.8 Å². The van der Waals surface area contributed by atoms with E-state index in [1.165, 1.54) is 0 Å². The summed E-state index contributed by atoms with van der Waals surface area (Å²) in [6.07, 6.45) is 1.09. The number of carbonyl (C=O) groups is 1. The third-order valence-electron chi connectivity index (χ3n) is 2.18. The number of carbonyl (C=O) groups excluding carboxylic acids is 1. The Balaban J connectivity index is 2.07. The Morgan fingerprint density at radius 3 is 3.00 bits per heavy atom. The van der Waals surface area contributed by atoms with E-state index in [-0.39, 0.29) is 5.91 Å². The molecule has 4 nitrogen and oxygen atoms in total. The summed E-state index contributed by atoms with van der Waals surface area (Å²) in [6, 6.07) is 7.62. The van der Waals surface area contributed by atoms with Crippen molar-refractivity contribution in [1.82, 2.24) is 9.97 Å². The number of para-hydroxylation sites is 2. The summed E-state index contributed by atoms with van der Waals surface area (Å²) >= 11 is 5.51. The van der Waals surface area contributed by atoms with Gasteiger partial charge in [0, 0.05) is 12.3 Å². The fourth-order valence-corrected chi connectivity index (χ4v) is 1.57. The van der Waals surface area contributed by atoms with Crippen molar-refractivity contribution in [3.05, 3.63) is 24.3 Å². The zero-order valence-electron chi connectivity index (χ0n) is 8.66. The first-order valence-corrected chi connectivity index (χ1v) is 5.63. The van der Waals surface area contributed by atoms with Crippen molar-refractivity contribution in [2.45, 2.75) is 12.8 Å². The van der Waals surface area contributed by atoms with Crippen LogP contribution in [0.2, 0.25) is 0 Å². The molecule has 0 bridgehead atoms. The van der Waals surface area contributed by atoms with Gasteiger partial charge in [0.15, 0.2) is 0 Å². The van der Waals surface area contributed by atoms with Gasteiger partial charge in [0.2, 0.25) is 11.9 Å². The van der Waals surface area contributed by atoms with Gasteiger partial charge in [-0.2, -0.15) is 0 Å². The summed E-state index contributed by atoms with van der Waals surface area (Å²) in [5, 5.41) is 2.70. The Kier molecular flexibility index (Phi) is 3.41. The SMILES string of the molecule is O=C(CCCCl)Nc1nc2ccccc2[nH]1. The Bertz CT molecular complexity index is 462. The van der Waals surface area contributed by atoms with Crippen LogP contribution in [0.5, 0.6) is 0 Å². The van der Waals surface area contributed by atoms with E-state index in [1.807, 2.05) is 24.3 Å². The average molecular weight is 238 g/mol. The lowest BCUT2D eigenvalue weighted by Gasteiger charge is -1.98. The number of rotatable bonds is 4. The lowest BCUT2D eigenvalue weighted by Crippen LogP contribution is -2.12. The van der Waals surface area contributed by atoms with Crippen LogP contribution >= 0.6 is 11.6 Å². The molecule has 84 valence electrons. The summed E-state index contributed by atoms with van der Waals surface area (Å²) < 4.78 is 0. The van der Waals surface area contributed by atoms with Gasteiger partial charge in [-0.1, -0.05) is 12.1 Å². The summed E-state index contributed by atoms with van der Waals surface area (Å²) in [4.78, 5) is 18.7. The molecule has 2 aromatic rings. The van der Waals surface area contributed by atoms with E-state index in [1.54, 1.807) is 0 Å². The summed E-state index contributed by atoms with van der Waals surface area (Å²) in [5.41, 5.74) is 1.75. The molecule has 0 aliphatic heterocycles. The normalized spacial score (nSPS) is 10.6. The molecule has 0 saturated carbocycles. The number of imidazole rings is 1. The Hall–Kier alpha value is -1.55. The zero-order valence-corrected chi connectivity index (χ0v) is 9.42. The zero-order chi connectivity index (χ0) is 11.4. The third-order valence-corrected chi connectivity index (χ3v) is 2.45. The number of hydrogen-bond acceptors (Lipinski definition) is 2. The Morgan fingerprint density at radius 2 is 2.25 bits per heavy atom. The second-order valence-corrected chi connectivity index (χ2v) is 3.82. The number of aromatic amines is 1. The molecule has 16 heavy (non-hydrogen) atoms. The average Bonchev–Trinajstić information content (AvgIpc) is 2.68. The predicted molar refractivity (Wildman–Crippen MR) is 64.7 cm³/mol. The number of nitrogens with one attached hydrogen (secondary N) is 2. The van der Waals surface area contributed by atoms with E-state index >= 15 is 0 Å². The number of anilines is 1. The fraction of sp³-hybridized carbons (Fsp3) is 0.273. The minimum atomic E-state index is -0.0697. The maximum atomic E-state index is 11.4. The van der Waals surface area contributed by atoms with Gasteiger partial charge in [-0.15, -0.1) is 11.6 Å². The highest BCUT2D eigenvalue weighted by Crippen LogP contribution is 2.13. The van der Waals surface area contributed by atoms with Gasteiger partial charge < -0.3 is 4.98 Å². The van der Waals surface area contributed by atoms with Gasteiger partial charge in [-0.25, -0.2) is 4.98 Å². The fourth-order valence-electron chi connectivity index (χ4n) is 1.43. The molecule has 5 heteroatoms. The van der Waals surface area contributed by atoms with E-state index < -0.39 is 0 Å². The number of nitrogens with zero attached hydrogens (tertiary/aromatic N) is 1. The molecule has 0 saturated heterocycles. The molecule has 0 fully saturated rings. The van der Waals surface area contributed by atoms with Crippen LogP contribution in [0.1, 0.15) is 12.8 Å². The number of amides is 1. The third kappa shape index (κ3) is 2.52. The van der Waals surface area contributed by atoms with Crippen molar-refractivity contribution in [1.29, 1.82) is 0 Å². The molecule has 2 N–H and O–H groups in total. The first kappa shape index (κ1) is 11.0. The van der Waals surface area contributed by atoms with Crippen LogP contribution in [0.4, 0.5) is 5.95 Å². The molecule has 0 aliphatic carbocycles. The number of fused-ring (bicyclic) bond motifs is 1. The smallest absolute Gasteiger partial charge is 0.226 e. The van der Waals surface area contributed by atoms with Crippen LogP contribution in [0.3, 0.4) is 0 Å². The highest BCUT2D eigenvalue weighted by molar-refractivity contribution is 6.18. The molecular formula is C11H12ClN3O. The number of aromatic nitrogens is 2. The molecule has 1 aromatic carbocycles. The minimum absolute atomic E-state index is 0.0697. The number of alkyl halides is 1. The Labute approximate surface area is 98.0 Å². The maximum absolute atomic E-state index is 11.4. The molecule has 2 rings (SSSR count). The van der Waals surface area contributed by atoms with E-state index in [0.29, 0.717) is 24.7 Å². The van der Waals surface area contributed by atoms with Crippen LogP contribution in [-0.4, -0.2) is 21.8 Å². The second-order valence-electron chi connectivity index (χ2n) is 3.44. The lowest BCUT2D eigenvalue weighted by molar-refractivity contribution is -0.116. The van der Waals surface area contributed by atoms with Crippen molar-refractivity contribution in [3.63, 3.8) is 0 Å². The monoisotopic (exact) mass is 237 g/mol. The summed E-state index contributed by atoms with van der Waals surface area (Å²) in [5.74, 6) is 0.911. The van der Waals surface area contributed by atoms with Crippen molar-refractivity contribution in [2.75, 3.05) is 11.2 Å². The first-order valence-electron chi connectivity index (χ1n) is 5.10. The van der Waals surface area contributed by atoms with Crippen molar-refractivity contribution in [3.8, 4) is 0 Å². The molecule has 0 atom stereocenters. The summed E-state index contributed by atoms with van der Waals surface area (Å²) in [7, 11) is 0. The molecule has 0 radical (unpaired) electrons. The molecule has 1 heterocycles. The standard InChI is InChI=1S/C11H12ClN3O/c12-7-3-6-10(16)15-11-13-8-4-1-2-5-9(8)14-11/h1-2,4-5H,3,6-7H2,(H2,13,14,15,16). The van der Waals surface area contributed by atoms with E-state index in [9.17, 15) is 4.79 Å². The molecule has 1 amide bonds. The molecular weight excluding hydrogens is 226 g/mol. The predicted octanol–water partition coefficient (Wildman–Crippen LogP) is 2.52. The highest BCUT2D eigenvalue weighted by atomic mass is 35.5. The van der Waals surface area contributed by atoms with Crippen molar-refractivity contribution >= 4 is 34.5 Å². The van der Waals surface area contributed by atoms with Gasteiger partial charge in [0.1, 0.15) is 0 Å². The molecule has 1 aromatic heterocycles. The maximum Gasteiger partial charge on any atom is 0.226 e. The van der Waals surface area contributed by atoms with Crippen LogP contribution in [-0.2, 0) is 4.79 Å². The van der Waals surface area contributed by atoms with Crippen LogP contribution < -0.4 is 5.32 Å². The van der Waals surface area contributed by atoms with Gasteiger partial charge in [0.25, 0.3) is 0 Å². The van der Waals surface area contributed by atoms with Crippen molar-refractivity contribution in [2.24, 2.45) is 0 Å². The van der Waals surface area contributed by atoms with E-state index in [0.717, 1.165) is 11.0 Å². The second kappa shape index (κ2) is 4.99. The van der Waals surface area contributed by atoms with Gasteiger partial charge in [-0.05, 0) is 18.6 Å². The van der Waals surface area contributed by atoms with Gasteiger partial charge >= 0.3 is 0 Å². The molecule has 0 spiro atoms. The number of halogens is 1. The number of benzene rings is 1. The highest BCUT2D eigenvalue weighted by Gasteiger charge is 2.05. The van der Waals surface area contributed by atoms with E-state index in [2.05, 4.69) is 15.3 Å². The summed E-state index contributed by atoms with van der Waals surface area (Å²) in [6.45, 7) is 0. The largest absolute Gasteiger partial charge is 0.324 e. The number of hydrogen-bond donors (Lipinski definition) is 2. The van der Waals surface area contributed by atoms with Crippen molar-refractivity contribution < 1.29 is 4.79 Å². The first-order chi connectivity index (χ1) is 7.79. The van der Waals surface area contributed by atoms with Gasteiger partial charge in [0.05, 0.1) is 11.0 Å². The van der Waals surface area contributed by atoms with E-state index in [4.69, 9.17) is 11.6 Å². The minimum Gasteiger partial charge on any atom is -0.324 e. The van der Waals surface area contributed by atoms with Crippen LogP contribution in [0.15, 0.2) is 24.3 Å². The lowest BCUT2D eigenvalue weighted by atomic mass is 10.3. The molecule has 0 unspecified atom stereocenters. The molecule has 0 aliphatic rings. The van der Waals surface area contributed by atoms with Crippen LogP contribution in [0, 0.1) is 0 Å². The van der Waals surface area contributed by atoms with Crippen LogP contribution in [0.25, 0.3) is 11.0 Å².